The summed E-state index contributed by atoms with van der Waals surface area (Å²) < 4.78 is 36.8. The average Bonchev–Trinajstić information content (AvgIpc) is 2.48. The fourth-order valence-corrected chi connectivity index (χ4v) is 2.62. The van der Waals surface area contributed by atoms with Crippen molar-refractivity contribution >= 4 is 27.1 Å². The molecule has 0 saturated heterocycles. The zero-order valence-corrected chi connectivity index (χ0v) is 13.6. The third-order valence-corrected chi connectivity index (χ3v) is 4.39. The van der Waals surface area contributed by atoms with Crippen LogP contribution in [0.1, 0.15) is 15.9 Å². The number of sulfone groups is 1. The molecule has 0 aliphatic rings. The van der Waals surface area contributed by atoms with Gasteiger partial charge in [0.25, 0.3) is 11.6 Å². The molecule has 0 aliphatic heterocycles. The zero-order valence-electron chi connectivity index (χ0n) is 12.7. The Bertz CT molecular complexity index is 941. The second-order valence-electron chi connectivity index (χ2n) is 5.13. The van der Waals surface area contributed by atoms with Crippen molar-refractivity contribution in [3.63, 3.8) is 0 Å². The fraction of sp³-hybridized carbons (Fsp3) is 0.133. The van der Waals surface area contributed by atoms with Gasteiger partial charge < -0.3 is 5.32 Å². The number of hydrogen-bond donors (Lipinski definition) is 1. The minimum Gasteiger partial charge on any atom is -0.319 e. The Hall–Kier alpha value is -2.81. The lowest BCUT2D eigenvalue weighted by Gasteiger charge is -2.08. The number of nitrogens with one attached hydrogen (secondary N) is 1. The van der Waals surface area contributed by atoms with Gasteiger partial charge in [-0.2, -0.15) is 0 Å². The fourth-order valence-electron chi connectivity index (χ4n) is 1.97. The lowest BCUT2D eigenvalue weighted by Crippen LogP contribution is -2.14. The summed E-state index contributed by atoms with van der Waals surface area (Å²) in [6, 6.07) is 6.82. The number of rotatable bonds is 4. The summed E-state index contributed by atoms with van der Waals surface area (Å²) in [5.41, 5.74) is -0.238. The summed E-state index contributed by atoms with van der Waals surface area (Å²) in [7, 11) is -3.57. The first-order valence-corrected chi connectivity index (χ1v) is 8.55. The van der Waals surface area contributed by atoms with Crippen molar-refractivity contribution in [1.82, 2.24) is 0 Å². The Morgan fingerprint density at radius 2 is 1.88 bits per heavy atom. The third kappa shape index (κ3) is 3.74. The molecule has 0 fully saturated rings. The molecule has 126 valence electrons. The highest BCUT2D eigenvalue weighted by Gasteiger charge is 2.17. The largest absolute Gasteiger partial charge is 0.319 e. The van der Waals surface area contributed by atoms with Crippen molar-refractivity contribution in [3.8, 4) is 0 Å². The molecule has 9 heteroatoms. The number of amides is 1. The van der Waals surface area contributed by atoms with Gasteiger partial charge in [-0.25, -0.2) is 12.8 Å². The van der Waals surface area contributed by atoms with Crippen molar-refractivity contribution in [1.29, 1.82) is 0 Å². The molecule has 1 amide bonds. The molecule has 0 aromatic heterocycles. The number of carbonyl (C=O) groups excluding carboxylic acids is 1. The number of aryl methyl sites for hydroxylation is 1. The smallest absolute Gasteiger partial charge is 0.273 e. The van der Waals surface area contributed by atoms with Gasteiger partial charge in [0, 0.05) is 23.4 Å². The van der Waals surface area contributed by atoms with E-state index in [4.69, 9.17) is 0 Å². The lowest BCUT2D eigenvalue weighted by molar-refractivity contribution is -0.385. The lowest BCUT2D eigenvalue weighted by atomic mass is 10.1. The molecule has 0 bridgehead atoms. The predicted molar refractivity (Wildman–Crippen MR) is 85.3 cm³/mol. The Kier molecular flexibility index (Phi) is 4.65. The number of nitrogens with zero attached hydrogens (tertiary/aromatic N) is 1. The molecule has 2 aromatic rings. The number of nitro groups is 1. The maximum absolute atomic E-state index is 13.8. The van der Waals surface area contributed by atoms with Crippen LogP contribution in [0.4, 0.5) is 15.8 Å². The molecule has 0 radical (unpaired) electrons. The Morgan fingerprint density at radius 3 is 2.46 bits per heavy atom. The average molecular weight is 352 g/mol. The van der Waals surface area contributed by atoms with Crippen molar-refractivity contribution in [3.05, 3.63) is 63.5 Å². The van der Waals surface area contributed by atoms with Gasteiger partial charge >= 0.3 is 0 Å². The molecule has 0 unspecified atom stereocenters. The minimum atomic E-state index is -3.57. The first kappa shape index (κ1) is 17.5. The van der Waals surface area contributed by atoms with Gasteiger partial charge in [0.05, 0.1) is 15.5 Å². The summed E-state index contributed by atoms with van der Waals surface area (Å²) in [6.45, 7) is 1.52. The summed E-state index contributed by atoms with van der Waals surface area (Å²) in [4.78, 5) is 22.3. The molecule has 7 nitrogen and oxygen atoms in total. The zero-order chi connectivity index (χ0) is 18.1. The number of benzene rings is 2. The highest BCUT2D eigenvalue weighted by molar-refractivity contribution is 7.90. The molecule has 1 N–H and O–H groups in total. The van der Waals surface area contributed by atoms with Gasteiger partial charge in [0.1, 0.15) is 5.82 Å². The van der Waals surface area contributed by atoms with Gasteiger partial charge in [0.2, 0.25) is 0 Å². The van der Waals surface area contributed by atoms with E-state index in [1.807, 2.05) is 0 Å². The van der Waals surface area contributed by atoms with E-state index in [-0.39, 0.29) is 21.8 Å². The quantitative estimate of drug-likeness (QED) is 0.517. The Morgan fingerprint density at radius 1 is 1.21 bits per heavy atom. The normalized spacial score (nSPS) is 11.1. The van der Waals surface area contributed by atoms with Crippen LogP contribution in [0.3, 0.4) is 0 Å². The molecule has 0 aliphatic carbocycles. The molecule has 0 saturated carbocycles. The van der Waals surface area contributed by atoms with Gasteiger partial charge in [-0.3, -0.25) is 14.9 Å². The molecule has 0 atom stereocenters. The van der Waals surface area contributed by atoms with Crippen molar-refractivity contribution in [2.45, 2.75) is 11.8 Å². The second kappa shape index (κ2) is 6.36. The molecule has 2 rings (SSSR count). The summed E-state index contributed by atoms with van der Waals surface area (Å²) in [6.07, 6.45) is 0.954. The molecule has 0 heterocycles. The summed E-state index contributed by atoms with van der Waals surface area (Å²) in [5.74, 6) is -1.61. The van der Waals surface area contributed by atoms with Gasteiger partial charge in [-0.15, -0.1) is 0 Å². The molecule has 0 spiro atoms. The first-order valence-electron chi connectivity index (χ1n) is 6.65. The van der Waals surface area contributed by atoms with E-state index in [2.05, 4.69) is 5.32 Å². The number of anilines is 1. The topological polar surface area (TPSA) is 106 Å². The van der Waals surface area contributed by atoms with Crippen LogP contribution in [-0.4, -0.2) is 25.5 Å². The van der Waals surface area contributed by atoms with Gasteiger partial charge in [0.15, 0.2) is 9.84 Å². The summed E-state index contributed by atoms with van der Waals surface area (Å²) in [5, 5.41) is 13.1. The summed E-state index contributed by atoms with van der Waals surface area (Å²) >= 11 is 0. The number of hydrogen-bond acceptors (Lipinski definition) is 5. The highest BCUT2D eigenvalue weighted by atomic mass is 32.2. The predicted octanol–water partition coefficient (Wildman–Crippen LogP) is 2.70. The highest BCUT2D eigenvalue weighted by Crippen LogP contribution is 2.23. The van der Waals surface area contributed by atoms with E-state index in [1.165, 1.54) is 19.1 Å². The maximum atomic E-state index is 13.8. The number of halogens is 1. The minimum absolute atomic E-state index is 0.0449. The van der Waals surface area contributed by atoms with Crippen LogP contribution in [0, 0.1) is 22.9 Å². The number of carbonyl (C=O) groups is 1. The number of nitro benzene ring substituents is 1. The molecule has 2 aromatic carbocycles. The first-order chi connectivity index (χ1) is 11.1. The Labute approximate surface area is 137 Å². The van der Waals surface area contributed by atoms with Crippen LogP contribution in [-0.2, 0) is 9.84 Å². The van der Waals surface area contributed by atoms with Gasteiger partial charge in [-0.1, -0.05) is 6.07 Å². The second-order valence-corrected chi connectivity index (χ2v) is 7.14. The molecular weight excluding hydrogens is 339 g/mol. The molecule has 24 heavy (non-hydrogen) atoms. The van der Waals surface area contributed by atoms with Crippen LogP contribution >= 0.6 is 0 Å². The molecular formula is C15H13FN2O5S. The van der Waals surface area contributed by atoms with Crippen molar-refractivity contribution in [2.75, 3.05) is 11.6 Å². The van der Waals surface area contributed by atoms with E-state index < -0.39 is 26.5 Å². The van der Waals surface area contributed by atoms with Crippen LogP contribution in [0.15, 0.2) is 41.3 Å². The van der Waals surface area contributed by atoms with Crippen LogP contribution in [0.2, 0.25) is 0 Å². The van der Waals surface area contributed by atoms with Crippen LogP contribution in [0.5, 0.6) is 0 Å². The van der Waals surface area contributed by atoms with Crippen LogP contribution < -0.4 is 5.32 Å². The Balaban J connectivity index is 2.37. The van der Waals surface area contributed by atoms with E-state index in [0.29, 0.717) is 5.56 Å². The third-order valence-electron chi connectivity index (χ3n) is 3.28. The monoisotopic (exact) mass is 352 g/mol. The maximum Gasteiger partial charge on any atom is 0.273 e. The standard InChI is InChI=1S/C15H13FN2O5S/c1-9-3-4-10(7-14(9)18(20)21)15(19)17-13-8-11(24(2,22)23)5-6-12(13)16/h3-8H,1-2H3,(H,17,19). The van der Waals surface area contributed by atoms with Crippen LogP contribution in [0.25, 0.3) is 0 Å². The SMILES string of the molecule is Cc1ccc(C(=O)Nc2cc(S(C)(=O)=O)ccc2F)cc1[N+](=O)[O-]. The van der Waals surface area contributed by atoms with E-state index in [9.17, 15) is 27.7 Å². The van der Waals surface area contributed by atoms with Crippen molar-refractivity contribution in [2.24, 2.45) is 0 Å². The van der Waals surface area contributed by atoms with E-state index in [1.54, 1.807) is 0 Å². The van der Waals surface area contributed by atoms with E-state index >= 15 is 0 Å². The van der Waals surface area contributed by atoms with Gasteiger partial charge in [-0.05, 0) is 31.2 Å². The van der Waals surface area contributed by atoms with Crippen molar-refractivity contribution < 1.29 is 22.5 Å². The van der Waals surface area contributed by atoms with E-state index in [0.717, 1.165) is 30.5 Å².